The number of imidazole rings is 1. The molecule has 0 fully saturated rings. The highest BCUT2D eigenvalue weighted by Crippen LogP contribution is 2.22. The molecule has 1 heterocycles. The third-order valence-electron chi connectivity index (χ3n) is 3.55. The minimum absolute atomic E-state index is 0.0197. The number of aryl methyl sites for hydroxylation is 2. The van der Waals surface area contributed by atoms with Crippen molar-refractivity contribution in [3.8, 4) is 0 Å². The molecule has 2 aromatic rings. The van der Waals surface area contributed by atoms with Gasteiger partial charge >= 0.3 is 0 Å². The maximum absolute atomic E-state index is 11.2. The van der Waals surface area contributed by atoms with Gasteiger partial charge in [-0.25, -0.2) is 9.13 Å². The Morgan fingerprint density at radius 2 is 2.14 bits per heavy atom. The molecule has 0 saturated carbocycles. The van der Waals surface area contributed by atoms with Crippen LogP contribution < -0.4 is 9.67 Å². The van der Waals surface area contributed by atoms with Crippen LogP contribution in [0.3, 0.4) is 0 Å². The highest BCUT2D eigenvalue weighted by molar-refractivity contribution is 5.87. The van der Waals surface area contributed by atoms with E-state index in [9.17, 15) is 15.0 Å². The van der Waals surface area contributed by atoms with Crippen molar-refractivity contribution in [2.24, 2.45) is 7.05 Å². The van der Waals surface area contributed by atoms with Crippen molar-refractivity contribution < 1.29 is 19.6 Å². The Kier molecular flexibility index (Phi) is 4.75. The Hall–Kier alpha value is -2.14. The van der Waals surface area contributed by atoms with Crippen LogP contribution in [-0.2, 0) is 13.6 Å². The molecule has 0 aliphatic rings. The highest BCUT2D eigenvalue weighted by Gasteiger charge is 2.23. The molecule has 1 unspecified atom stereocenters. The normalized spacial score (nSPS) is 12.3. The lowest BCUT2D eigenvalue weighted by molar-refractivity contribution is -0.681. The van der Waals surface area contributed by atoms with Crippen LogP contribution in [0.25, 0.3) is 0 Å². The number of rotatable bonds is 6. The van der Waals surface area contributed by atoms with Gasteiger partial charge in [-0.05, 0) is 12.0 Å². The molecular formula is C16H20N2O3. The Balaban J connectivity index is 2.34. The van der Waals surface area contributed by atoms with E-state index in [1.807, 2.05) is 28.7 Å². The molecule has 1 atom stereocenters. The second kappa shape index (κ2) is 6.54. The van der Waals surface area contributed by atoms with E-state index in [4.69, 9.17) is 0 Å². The Morgan fingerprint density at radius 1 is 1.43 bits per heavy atom. The minimum atomic E-state index is -1.28. The number of carbonyl (C=O) groups is 1. The number of benzene rings is 1. The van der Waals surface area contributed by atoms with Crippen LogP contribution in [0.2, 0.25) is 0 Å². The number of aromatic nitrogens is 2. The van der Waals surface area contributed by atoms with E-state index in [0.717, 1.165) is 19.4 Å². The molecule has 0 saturated heterocycles. The third kappa shape index (κ3) is 3.31. The summed E-state index contributed by atoms with van der Waals surface area (Å²) in [5.41, 5.74) is 1.02. The number of hydrogen-bond acceptors (Lipinski definition) is 3. The van der Waals surface area contributed by atoms with Crippen molar-refractivity contribution in [2.45, 2.75) is 32.4 Å². The molecule has 0 aliphatic carbocycles. The molecule has 0 spiro atoms. The molecule has 21 heavy (non-hydrogen) atoms. The molecule has 1 aromatic heterocycles. The summed E-state index contributed by atoms with van der Waals surface area (Å²) in [5.74, 6) is -1.28. The first-order valence-corrected chi connectivity index (χ1v) is 7.08. The molecule has 5 nitrogen and oxygen atoms in total. The van der Waals surface area contributed by atoms with Gasteiger partial charge in [-0.2, -0.15) is 0 Å². The van der Waals surface area contributed by atoms with Gasteiger partial charge in [0.2, 0.25) is 6.33 Å². The largest absolute Gasteiger partial charge is 0.545 e. The third-order valence-corrected chi connectivity index (χ3v) is 3.55. The maximum Gasteiger partial charge on any atom is 0.243 e. The van der Waals surface area contributed by atoms with Crippen LogP contribution in [0.4, 0.5) is 0 Å². The van der Waals surface area contributed by atoms with Crippen LogP contribution >= 0.6 is 0 Å². The van der Waals surface area contributed by atoms with Gasteiger partial charge < -0.3 is 15.0 Å². The number of nitrogens with zero attached hydrogens (tertiary/aromatic N) is 2. The molecule has 1 aromatic carbocycles. The zero-order valence-electron chi connectivity index (χ0n) is 12.3. The van der Waals surface area contributed by atoms with Crippen molar-refractivity contribution in [3.63, 3.8) is 0 Å². The second-order valence-electron chi connectivity index (χ2n) is 5.15. The van der Waals surface area contributed by atoms with Gasteiger partial charge in [-0.1, -0.05) is 37.6 Å². The number of aliphatic hydroxyl groups excluding tert-OH is 1. The lowest BCUT2D eigenvalue weighted by Crippen LogP contribution is -2.33. The van der Waals surface area contributed by atoms with Crippen LogP contribution in [0.1, 0.15) is 47.5 Å². The maximum atomic E-state index is 11.2. The van der Waals surface area contributed by atoms with Crippen molar-refractivity contribution in [3.05, 3.63) is 53.6 Å². The number of aromatic carboxylic acids is 1. The standard InChI is InChI=1S/C16H20N2O3/c1-3-4-9-18-10-14(17(2)11-18)15(19)12-7-5-6-8-13(12)16(20)21/h5-8,10-11,15,19H,3-4,9H2,1-2H3. The van der Waals surface area contributed by atoms with Crippen molar-refractivity contribution in [2.75, 3.05) is 0 Å². The first kappa shape index (κ1) is 15.3. The zero-order chi connectivity index (χ0) is 15.4. The molecule has 112 valence electrons. The molecule has 1 N–H and O–H groups in total. The van der Waals surface area contributed by atoms with Gasteiger partial charge in [0.15, 0.2) is 5.69 Å². The van der Waals surface area contributed by atoms with Crippen molar-refractivity contribution >= 4 is 5.97 Å². The zero-order valence-corrected chi connectivity index (χ0v) is 12.3. The molecule has 5 heteroatoms. The number of carboxylic acid groups (broad SMARTS) is 1. The second-order valence-corrected chi connectivity index (χ2v) is 5.15. The summed E-state index contributed by atoms with van der Waals surface area (Å²) >= 11 is 0. The molecule has 0 amide bonds. The SMILES string of the molecule is CCCCn1cc(C(O)c2ccccc2C(=O)[O-])[n+](C)c1. The number of hydrogen-bond donors (Lipinski definition) is 1. The first-order chi connectivity index (χ1) is 10.0. The van der Waals surface area contributed by atoms with E-state index in [2.05, 4.69) is 6.92 Å². The number of unbranched alkanes of at least 4 members (excludes halogenated alkanes) is 1. The van der Waals surface area contributed by atoms with Crippen molar-refractivity contribution in [1.82, 2.24) is 4.57 Å². The van der Waals surface area contributed by atoms with Crippen molar-refractivity contribution in [1.29, 1.82) is 0 Å². The molecule has 0 aliphatic heterocycles. The molecule has 0 bridgehead atoms. The van der Waals surface area contributed by atoms with Gasteiger partial charge in [-0.3, -0.25) is 0 Å². The topological polar surface area (TPSA) is 69.2 Å². The van der Waals surface area contributed by atoms with E-state index >= 15 is 0 Å². The Bertz CT molecular complexity index is 634. The smallest absolute Gasteiger partial charge is 0.243 e. The van der Waals surface area contributed by atoms with E-state index in [1.165, 1.54) is 6.07 Å². The first-order valence-electron chi connectivity index (χ1n) is 7.08. The number of carbonyl (C=O) groups excluding carboxylic acids is 1. The van der Waals surface area contributed by atoms with E-state index in [0.29, 0.717) is 11.3 Å². The summed E-state index contributed by atoms with van der Waals surface area (Å²) in [5, 5.41) is 21.7. The van der Waals surface area contributed by atoms with Gasteiger partial charge in [0.05, 0.1) is 19.6 Å². The lowest BCUT2D eigenvalue weighted by atomic mass is 10.0. The fraction of sp³-hybridized carbons (Fsp3) is 0.375. The summed E-state index contributed by atoms with van der Waals surface area (Å²) in [6.45, 7) is 2.99. The predicted molar refractivity (Wildman–Crippen MR) is 75.4 cm³/mol. The average Bonchev–Trinajstić information content (AvgIpc) is 2.85. The van der Waals surface area contributed by atoms with Crippen LogP contribution in [0.5, 0.6) is 0 Å². The van der Waals surface area contributed by atoms with E-state index in [-0.39, 0.29) is 5.56 Å². The lowest BCUT2D eigenvalue weighted by Gasteiger charge is -2.14. The molecule has 2 rings (SSSR count). The molecular weight excluding hydrogens is 268 g/mol. The predicted octanol–water partition coefficient (Wildman–Crippen LogP) is 0.558. The summed E-state index contributed by atoms with van der Waals surface area (Å²) < 4.78 is 3.82. The highest BCUT2D eigenvalue weighted by atomic mass is 16.4. The van der Waals surface area contributed by atoms with Crippen LogP contribution in [-0.4, -0.2) is 15.6 Å². The van der Waals surface area contributed by atoms with Crippen LogP contribution in [0, 0.1) is 0 Å². The Labute approximate surface area is 124 Å². The summed E-state index contributed by atoms with van der Waals surface area (Å²) in [4.78, 5) is 11.2. The monoisotopic (exact) mass is 288 g/mol. The van der Waals surface area contributed by atoms with Crippen LogP contribution in [0.15, 0.2) is 36.8 Å². The molecule has 0 radical (unpaired) electrons. The van der Waals surface area contributed by atoms with Gasteiger partial charge in [0, 0.05) is 5.56 Å². The summed E-state index contributed by atoms with van der Waals surface area (Å²) in [7, 11) is 1.84. The van der Waals surface area contributed by atoms with Gasteiger partial charge in [-0.15, -0.1) is 0 Å². The van der Waals surface area contributed by atoms with Gasteiger partial charge in [0.1, 0.15) is 12.3 Å². The fourth-order valence-corrected chi connectivity index (χ4v) is 2.39. The average molecular weight is 288 g/mol. The number of aliphatic hydroxyl groups is 1. The summed E-state index contributed by atoms with van der Waals surface area (Å²) in [6, 6.07) is 6.38. The van der Waals surface area contributed by atoms with E-state index in [1.54, 1.807) is 18.2 Å². The summed E-state index contributed by atoms with van der Waals surface area (Å²) in [6.07, 6.45) is 4.90. The Morgan fingerprint density at radius 3 is 2.81 bits per heavy atom. The van der Waals surface area contributed by atoms with E-state index < -0.39 is 12.1 Å². The fourth-order valence-electron chi connectivity index (χ4n) is 2.39. The minimum Gasteiger partial charge on any atom is -0.545 e. The van der Waals surface area contributed by atoms with Gasteiger partial charge in [0.25, 0.3) is 0 Å². The quantitative estimate of drug-likeness (QED) is 0.790. The number of carboxylic acids is 1.